The van der Waals surface area contributed by atoms with Gasteiger partial charge in [-0.2, -0.15) is 5.10 Å². The van der Waals surface area contributed by atoms with Crippen molar-refractivity contribution >= 4 is 33.9 Å². The number of anilines is 1. The minimum Gasteiger partial charge on any atom is -0.490 e. The lowest BCUT2D eigenvalue weighted by Gasteiger charge is -2.22. The molecule has 0 spiro atoms. The van der Waals surface area contributed by atoms with E-state index in [1.165, 1.54) is 37.7 Å². The number of nitrogens with zero attached hydrogens (tertiary/aromatic N) is 1. The summed E-state index contributed by atoms with van der Waals surface area (Å²) in [5.74, 6) is 2.19. The molecule has 182 valence electrons. The van der Waals surface area contributed by atoms with Gasteiger partial charge in [0.1, 0.15) is 24.7 Å². The summed E-state index contributed by atoms with van der Waals surface area (Å²) in [5, 5.41) is 6.76. The van der Waals surface area contributed by atoms with Gasteiger partial charge in [-0.15, -0.1) is 0 Å². The highest BCUT2D eigenvalue weighted by atomic mass is 79.9. The van der Waals surface area contributed by atoms with Gasteiger partial charge in [-0.05, 0) is 66.8 Å². The second-order valence-electron chi connectivity index (χ2n) is 8.47. The minimum atomic E-state index is -0.423. The van der Waals surface area contributed by atoms with Crippen LogP contribution in [0.25, 0.3) is 0 Å². The zero-order valence-corrected chi connectivity index (χ0v) is 21.2. The molecule has 3 aromatic carbocycles. The first-order chi connectivity index (χ1) is 17.2. The highest BCUT2D eigenvalue weighted by Gasteiger charge is 2.15. The van der Waals surface area contributed by atoms with Crippen molar-refractivity contribution in [2.75, 3.05) is 18.5 Å². The highest BCUT2D eigenvalue weighted by Crippen LogP contribution is 2.33. The fraction of sp³-hybridized carbons (Fsp3) is 0.286. The molecule has 7 heteroatoms. The largest absolute Gasteiger partial charge is 0.490 e. The number of urea groups is 1. The van der Waals surface area contributed by atoms with Crippen molar-refractivity contribution in [3.8, 4) is 11.5 Å². The van der Waals surface area contributed by atoms with Crippen LogP contribution in [-0.2, 0) is 0 Å². The van der Waals surface area contributed by atoms with Gasteiger partial charge in [0, 0.05) is 15.7 Å². The second-order valence-corrected chi connectivity index (χ2v) is 9.39. The monoisotopic (exact) mass is 535 g/mol. The Bertz CT molecular complexity index is 1110. The summed E-state index contributed by atoms with van der Waals surface area (Å²) in [6.07, 6.45) is 8.17. The van der Waals surface area contributed by atoms with E-state index < -0.39 is 6.03 Å². The first kappa shape index (κ1) is 24.8. The van der Waals surface area contributed by atoms with Crippen molar-refractivity contribution in [1.82, 2.24) is 5.43 Å². The maximum absolute atomic E-state index is 12.0. The van der Waals surface area contributed by atoms with E-state index in [4.69, 9.17) is 9.47 Å². The first-order valence-electron chi connectivity index (χ1n) is 12.0. The number of carbonyl (C=O) groups excluding carboxylic acids is 1. The van der Waals surface area contributed by atoms with E-state index in [9.17, 15) is 4.79 Å². The fourth-order valence-electron chi connectivity index (χ4n) is 4.18. The van der Waals surface area contributed by atoms with Gasteiger partial charge in [-0.3, -0.25) is 0 Å². The smallest absolute Gasteiger partial charge is 0.339 e. The molecule has 0 aliphatic heterocycles. The molecule has 35 heavy (non-hydrogen) atoms. The minimum absolute atomic E-state index is 0.384. The fourth-order valence-corrected chi connectivity index (χ4v) is 4.55. The van der Waals surface area contributed by atoms with Crippen LogP contribution in [0.5, 0.6) is 11.5 Å². The Labute approximate surface area is 214 Å². The van der Waals surface area contributed by atoms with Crippen molar-refractivity contribution < 1.29 is 14.3 Å². The number of hydrogen-bond acceptors (Lipinski definition) is 4. The van der Waals surface area contributed by atoms with Gasteiger partial charge in [-0.1, -0.05) is 65.5 Å². The third-order valence-electron chi connectivity index (χ3n) is 5.94. The standard InChI is InChI=1S/C28H30BrN3O3/c29-24-13-16-27(23(19-24)20-30-32-28(33)31-25-9-5-2-6-10-25)35-18-17-34-26-14-11-22(12-15-26)21-7-3-1-4-8-21/h2,5-6,9-16,19-21H,1,3-4,7-8,17-18H2,(H2,31,32,33)/b30-20-. The lowest BCUT2D eigenvalue weighted by atomic mass is 9.84. The maximum atomic E-state index is 12.0. The number of hydrogen-bond donors (Lipinski definition) is 2. The van der Waals surface area contributed by atoms with Crippen molar-refractivity contribution in [1.29, 1.82) is 0 Å². The number of carbonyl (C=O) groups is 1. The van der Waals surface area contributed by atoms with E-state index >= 15 is 0 Å². The number of ether oxygens (including phenoxy) is 2. The van der Waals surface area contributed by atoms with Crippen LogP contribution in [-0.4, -0.2) is 25.5 Å². The first-order valence-corrected chi connectivity index (χ1v) is 12.8. The van der Waals surface area contributed by atoms with Crippen molar-refractivity contribution in [3.63, 3.8) is 0 Å². The normalized spacial score (nSPS) is 14.0. The Balaban J connectivity index is 1.25. The number of hydrazone groups is 1. The molecule has 2 N–H and O–H groups in total. The summed E-state index contributed by atoms with van der Waals surface area (Å²) in [5.41, 5.74) is 5.30. The van der Waals surface area contributed by atoms with E-state index in [0.29, 0.717) is 30.6 Å². The predicted molar refractivity (Wildman–Crippen MR) is 144 cm³/mol. The third-order valence-corrected chi connectivity index (χ3v) is 6.43. The Morgan fingerprint density at radius 3 is 2.46 bits per heavy atom. The second kappa shape index (κ2) is 13.0. The quantitative estimate of drug-likeness (QED) is 0.174. The molecule has 1 fully saturated rings. The van der Waals surface area contributed by atoms with Crippen LogP contribution in [0.4, 0.5) is 10.5 Å². The molecule has 0 bridgehead atoms. The molecule has 3 aromatic rings. The zero-order chi connectivity index (χ0) is 24.3. The summed E-state index contributed by atoms with van der Waals surface area (Å²) in [7, 11) is 0. The van der Waals surface area contributed by atoms with Crippen molar-refractivity contribution in [2.24, 2.45) is 5.10 Å². The summed E-state index contributed by atoms with van der Waals surface area (Å²) < 4.78 is 12.7. The number of para-hydroxylation sites is 1. The van der Waals surface area contributed by atoms with Crippen LogP contribution in [0.1, 0.15) is 49.1 Å². The number of amides is 2. The SMILES string of the molecule is O=C(N/N=C\c1cc(Br)ccc1OCCOc1ccc(C2CCCCC2)cc1)Nc1ccccc1. The number of nitrogens with one attached hydrogen (secondary N) is 2. The van der Waals surface area contributed by atoms with Crippen molar-refractivity contribution in [2.45, 2.75) is 38.0 Å². The number of rotatable bonds is 9. The Kier molecular flexibility index (Phi) is 9.17. The van der Waals surface area contributed by atoms with E-state index in [1.807, 2.05) is 48.5 Å². The summed E-state index contributed by atoms with van der Waals surface area (Å²) in [6.45, 7) is 0.807. The molecule has 4 rings (SSSR count). The van der Waals surface area contributed by atoms with Crippen LogP contribution >= 0.6 is 15.9 Å². The van der Waals surface area contributed by atoms with Crippen LogP contribution in [0.2, 0.25) is 0 Å². The molecule has 0 heterocycles. The van der Waals surface area contributed by atoms with E-state index in [2.05, 4.69) is 43.9 Å². The molecule has 1 saturated carbocycles. The highest BCUT2D eigenvalue weighted by molar-refractivity contribution is 9.10. The summed E-state index contributed by atoms with van der Waals surface area (Å²) in [4.78, 5) is 12.0. The average Bonchev–Trinajstić information content (AvgIpc) is 2.89. The number of halogens is 1. The van der Waals surface area contributed by atoms with Gasteiger partial charge in [0.2, 0.25) is 0 Å². The van der Waals surface area contributed by atoms with Gasteiger partial charge in [-0.25, -0.2) is 10.2 Å². The molecular weight excluding hydrogens is 506 g/mol. The molecule has 2 amide bonds. The molecule has 0 unspecified atom stereocenters. The summed E-state index contributed by atoms with van der Waals surface area (Å²) in [6, 6.07) is 22.9. The lowest BCUT2D eigenvalue weighted by Crippen LogP contribution is -2.24. The molecule has 1 aliphatic rings. The van der Waals surface area contributed by atoms with Crippen LogP contribution < -0.4 is 20.2 Å². The van der Waals surface area contributed by atoms with Gasteiger partial charge in [0.05, 0.1) is 6.21 Å². The summed E-state index contributed by atoms with van der Waals surface area (Å²) >= 11 is 3.47. The van der Waals surface area contributed by atoms with Gasteiger partial charge in [0.25, 0.3) is 0 Å². The van der Waals surface area contributed by atoms with Crippen molar-refractivity contribution in [3.05, 3.63) is 88.4 Å². The Morgan fingerprint density at radius 1 is 0.943 bits per heavy atom. The molecule has 0 atom stereocenters. The molecule has 0 radical (unpaired) electrons. The van der Waals surface area contributed by atoms with Crippen LogP contribution in [0, 0.1) is 0 Å². The van der Waals surface area contributed by atoms with Gasteiger partial charge in [0.15, 0.2) is 0 Å². The zero-order valence-electron chi connectivity index (χ0n) is 19.6. The molecule has 6 nitrogen and oxygen atoms in total. The predicted octanol–water partition coefficient (Wildman–Crippen LogP) is 7.11. The van der Waals surface area contributed by atoms with Crippen LogP contribution in [0.3, 0.4) is 0 Å². The lowest BCUT2D eigenvalue weighted by molar-refractivity contribution is 0.217. The average molecular weight is 536 g/mol. The molecule has 0 aromatic heterocycles. The molecular formula is C28H30BrN3O3. The van der Waals surface area contributed by atoms with Gasteiger partial charge >= 0.3 is 6.03 Å². The molecule has 1 aliphatic carbocycles. The van der Waals surface area contributed by atoms with Gasteiger partial charge < -0.3 is 14.8 Å². The Hall–Kier alpha value is -3.32. The number of benzene rings is 3. The van der Waals surface area contributed by atoms with E-state index in [-0.39, 0.29) is 0 Å². The Morgan fingerprint density at radius 2 is 1.69 bits per heavy atom. The molecule has 0 saturated heterocycles. The third kappa shape index (κ3) is 7.86. The topological polar surface area (TPSA) is 72.0 Å². The van der Waals surface area contributed by atoms with E-state index in [0.717, 1.165) is 15.8 Å². The van der Waals surface area contributed by atoms with E-state index in [1.54, 1.807) is 18.3 Å². The maximum Gasteiger partial charge on any atom is 0.339 e. The van der Waals surface area contributed by atoms with Crippen LogP contribution in [0.15, 0.2) is 82.4 Å².